The molecule has 7 heteroatoms. The van der Waals surface area contributed by atoms with E-state index in [1.807, 2.05) is 31.5 Å². The molecule has 2 aromatic rings. The van der Waals surface area contributed by atoms with Crippen molar-refractivity contribution in [3.63, 3.8) is 0 Å². The van der Waals surface area contributed by atoms with E-state index >= 15 is 0 Å². The zero-order valence-electron chi connectivity index (χ0n) is 12.6. The number of furan rings is 1. The summed E-state index contributed by atoms with van der Waals surface area (Å²) in [5.74, 6) is 0.867. The van der Waals surface area contributed by atoms with Crippen molar-refractivity contribution in [3.05, 3.63) is 48.2 Å². The molecular formula is C15H21N5O2. The van der Waals surface area contributed by atoms with Crippen LogP contribution in [0.25, 0.3) is 0 Å². The second-order valence-electron chi connectivity index (χ2n) is 4.67. The predicted octanol–water partition coefficient (Wildman–Crippen LogP) is 0.935. The Kier molecular flexibility index (Phi) is 5.65. The van der Waals surface area contributed by atoms with Crippen molar-refractivity contribution in [2.75, 3.05) is 13.1 Å². The van der Waals surface area contributed by atoms with Gasteiger partial charge in [-0.1, -0.05) is 0 Å². The molecule has 118 valence electrons. The highest BCUT2D eigenvalue weighted by Crippen LogP contribution is 2.08. The summed E-state index contributed by atoms with van der Waals surface area (Å²) >= 11 is 0. The van der Waals surface area contributed by atoms with Gasteiger partial charge in [0.25, 0.3) is 5.91 Å². The molecule has 0 aliphatic carbocycles. The van der Waals surface area contributed by atoms with Gasteiger partial charge in [0.05, 0.1) is 0 Å². The normalized spacial score (nSPS) is 11.4. The van der Waals surface area contributed by atoms with Crippen LogP contribution in [0.2, 0.25) is 0 Å². The fourth-order valence-electron chi connectivity index (χ4n) is 1.92. The number of guanidine groups is 1. The van der Waals surface area contributed by atoms with E-state index < -0.39 is 5.91 Å². The Labute approximate surface area is 129 Å². The van der Waals surface area contributed by atoms with Crippen LogP contribution in [0.15, 0.2) is 46.1 Å². The van der Waals surface area contributed by atoms with Gasteiger partial charge in [0.2, 0.25) is 0 Å². The van der Waals surface area contributed by atoms with Gasteiger partial charge in [-0.3, -0.25) is 4.79 Å². The summed E-state index contributed by atoms with van der Waals surface area (Å²) in [7, 11) is 0. The third kappa shape index (κ3) is 4.69. The lowest BCUT2D eigenvalue weighted by atomic mass is 10.4. The highest BCUT2D eigenvalue weighted by molar-refractivity contribution is 5.89. The second-order valence-corrected chi connectivity index (χ2v) is 4.67. The molecule has 0 fully saturated rings. The number of rotatable bonds is 7. The first-order valence-electron chi connectivity index (χ1n) is 7.20. The van der Waals surface area contributed by atoms with Gasteiger partial charge in [0, 0.05) is 32.0 Å². The average Bonchev–Trinajstić information content (AvgIpc) is 3.16. The molecule has 0 atom stereocenters. The number of aliphatic imine (C=N–C) groups is 1. The van der Waals surface area contributed by atoms with Crippen LogP contribution < -0.4 is 16.4 Å². The number of nitrogens with zero attached hydrogens (tertiary/aromatic N) is 2. The van der Waals surface area contributed by atoms with Crippen molar-refractivity contribution in [1.29, 1.82) is 0 Å². The molecule has 0 spiro atoms. The maximum atomic E-state index is 11.0. The van der Waals surface area contributed by atoms with E-state index in [0.717, 1.165) is 19.6 Å². The van der Waals surface area contributed by atoms with Gasteiger partial charge < -0.3 is 25.4 Å². The summed E-state index contributed by atoms with van der Waals surface area (Å²) < 4.78 is 7.38. The fraction of sp³-hybridized carbons (Fsp3) is 0.333. The topological polar surface area (TPSA) is 97.6 Å². The average molecular weight is 303 g/mol. The lowest BCUT2D eigenvalue weighted by molar-refractivity contribution is 0.0972. The molecule has 2 heterocycles. The van der Waals surface area contributed by atoms with Gasteiger partial charge >= 0.3 is 0 Å². The molecular weight excluding hydrogens is 282 g/mol. The van der Waals surface area contributed by atoms with E-state index in [1.165, 1.54) is 0 Å². The number of amides is 1. The molecule has 2 rings (SSSR count). The zero-order chi connectivity index (χ0) is 15.8. The Balaban J connectivity index is 1.86. The van der Waals surface area contributed by atoms with E-state index in [4.69, 9.17) is 10.2 Å². The van der Waals surface area contributed by atoms with Crippen molar-refractivity contribution >= 4 is 11.9 Å². The molecule has 0 radical (unpaired) electrons. The molecule has 0 aliphatic heterocycles. The van der Waals surface area contributed by atoms with Crippen LogP contribution in [0.5, 0.6) is 0 Å². The second kappa shape index (κ2) is 7.92. The van der Waals surface area contributed by atoms with Crippen molar-refractivity contribution in [2.24, 2.45) is 10.7 Å². The summed E-state index contributed by atoms with van der Waals surface area (Å²) in [6.45, 7) is 4.71. The number of primary amides is 1. The van der Waals surface area contributed by atoms with Crippen LogP contribution in [0.3, 0.4) is 0 Å². The minimum Gasteiger partial charge on any atom is -0.454 e. The lowest BCUT2D eigenvalue weighted by Gasteiger charge is -2.11. The molecule has 1 amide bonds. The predicted molar refractivity (Wildman–Crippen MR) is 84.5 cm³/mol. The molecule has 0 aromatic carbocycles. The Bertz CT molecular complexity index is 616. The number of nitrogens with one attached hydrogen (secondary N) is 2. The Morgan fingerprint density at radius 1 is 1.32 bits per heavy atom. The van der Waals surface area contributed by atoms with Gasteiger partial charge in [-0.2, -0.15) is 0 Å². The summed E-state index contributed by atoms with van der Waals surface area (Å²) in [5.41, 5.74) is 5.15. The first-order valence-corrected chi connectivity index (χ1v) is 7.20. The van der Waals surface area contributed by atoms with E-state index in [0.29, 0.717) is 18.3 Å². The number of nitrogens with two attached hydrogens (primary N) is 1. The highest BCUT2D eigenvalue weighted by Gasteiger charge is 2.06. The Morgan fingerprint density at radius 3 is 2.73 bits per heavy atom. The van der Waals surface area contributed by atoms with Crippen LogP contribution >= 0.6 is 0 Å². The van der Waals surface area contributed by atoms with Gasteiger partial charge in [0.15, 0.2) is 11.7 Å². The molecule has 0 saturated heterocycles. The molecule has 0 bridgehead atoms. The third-order valence-corrected chi connectivity index (χ3v) is 2.97. The van der Waals surface area contributed by atoms with Crippen LogP contribution in [-0.2, 0) is 13.1 Å². The molecule has 2 aromatic heterocycles. The summed E-state index contributed by atoms with van der Waals surface area (Å²) in [5, 5.41) is 6.40. The largest absolute Gasteiger partial charge is 0.454 e. The molecule has 22 heavy (non-hydrogen) atoms. The minimum absolute atomic E-state index is 0.149. The number of aromatic nitrogens is 1. The smallest absolute Gasteiger partial charge is 0.284 e. The molecule has 0 unspecified atom stereocenters. The first-order chi connectivity index (χ1) is 10.7. The molecule has 4 N–H and O–H groups in total. The first kappa shape index (κ1) is 15.7. The number of carbonyl (C=O) groups is 1. The number of hydrogen-bond acceptors (Lipinski definition) is 3. The van der Waals surface area contributed by atoms with E-state index in [2.05, 4.69) is 20.2 Å². The zero-order valence-corrected chi connectivity index (χ0v) is 12.6. The van der Waals surface area contributed by atoms with Crippen molar-refractivity contribution < 1.29 is 9.21 Å². The Morgan fingerprint density at radius 2 is 2.09 bits per heavy atom. The maximum Gasteiger partial charge on any atom is 0.284 e. The van der Waals surface area contributed by atoms with Crippen LogP contribution in [-0.4, -0.2) is 29.5 Å². The molecule has 0 saturated carbocycles. The van der Waals surface area contributed by atoms with Crippen LogP contribution in [0, 0.1) is 0 Å². The summed E-state index contributed by atoms with van der Waals surface area (Å²) in [6, 6.07) is 7.24. The molecule has 0 aliphatic rings. The highest BCUT2D eigenvalue weighted by atomic mass is 16.3. The van der Waals surface area contributed by atoms with Crippen molar-refractivity contribution in [1.82, 2.24) is 15.2 Å². The van der Waals surface area contributed by atoms with Crippen LogP contribution in [0.1, 0.15) is 23.2 Å². The van der Waals surface area contributed by atoms with Gasteiger partial charge in [-0.05, 0) is 31.2 Å². The standard InChI is InChI=1S/C15H21N5O2/c1-2-17-15(18-7-10-20-8-3-4-9-20)19-11-12-5-6-13(22-12)14(16)21/h3-6,8-9H,2,7,10-11H2,1H3,(H2,16,21)(H2,17,18,19). The van der Waals surface area contributed by atoms with E-state index in [1.54, 1.807) is 12.1 Å². The molecule has 7 nitrogen and oxygen atoms in total. The SMILES string of the molecule is CCNC(=NCc1ccc(C(N)=O)o1)NCCn1cccc1. The van der Waals surface area contributed by atoms with Crippen LogP contribution in [0.4, 0.5) is 0 Å². The summed E-state index contributed by atoms with van der Waals surface area (Å²) in [4.78, 5) is 15.4. The third-order valence-electron chi connectivity index (χ3n) is 2.97. The number of carbonyl (C=O) groups excluding carboxylic acids is 1. The lowest BCUT2D eigenvalue weighted by Crippen LogP contribution is -2.38. The van der Waals surface area contributed by atoms with Crippen molar-refractivity contribution in [2.45, 2.75) is 20.0 Å². The van der Waals surface area contributed by atoms with E-state index in [9.17, 15) is 4.79 Å². The van der Waals surface area contributed by atoms with Gasteiger partial charge in [-0.25, -0.2) is 4.99 Å². The Hall–Kier alpha value is -2.70. The fourth-order valence-corrected chi connectivity index (χ4v) is 1.92. The quantitative estimate of drug-likeness (QED) is 0.523. The van der Waals surface area contributed by atoms with Gasteiger partial charge in [-0.15, -0.1) is 0 Å². The van der Waals surface area contributed by atoms with Gasteiger partial charge in [0.1, 0.15) is 12.3 Å². The minimum atomic E-state index is -0.577. The van der Waals surface area contributed by atoms with Crippen molar-refractivity contribution in [3.8, 4) is 0 Å². The summed E-state index contributed by atoms with van der Waals surface area (Å²) in [6.07, 6.45) is 4.03. The number of hydrogen-bond donors (Lipinski definition) is 3. The van der Waals surface area contributed by atoms with E-state index in [-0.39, 0.29) is 5.76 Å². The maximum absolute atomic E-state index is 11.0. The monoisotopic (exact) mass is 303 g/mol.